The molecule has 2 rings (SSSR count). The molecular weight excluding hydrogens is 226 g/mol. The maximum absolute atomic E-state index is 11.2. The molecule has 16 heavy (non-hydrogen) atoms. The Hall–Kier alpha value is -0.880. The number of imidazole rings is 1. The first-order chi connectivity index (χ1) is 7.50. The van der Waals surface area contributed by atoms with Crippen LogP contribution < -0.4 is 5.14 Å². The summed E-state index contributed by atoms with van der Waals surface area (Å²) in [6.45, 7) is 2.80. The second kappa shape index (κ2) is 4.18. The van der Waals surface area contributed by atoms with E-state index in [-0.39, 0.29) is 5.03 Å². The van der Waals surface area contributed by atoms with Crippen LogP contribution in [0.5, 0.6) is 0 Å². The highest BCUT2D eigenvalue weighted by molar-refractivity contribution is 7.89. The zero-order valence-electron chi connectivity index (χ0n) is 9.39. The molecule has 0 bridgehead atoms. The average Bonchev–Trinajstić information content (AvgIpc) is 2.92. The lowest BCUT2D eigenvalue weighted by Gasteiger charge is -2.04. The lowest BCUT2D eigenvalue weighted by Crippen LogP contribution is -2.12. The Morgan fingerprint density at radius 1 is 1.56 bits per heavy atom. The number of primary sulfonamides is 1. The quantitative estimate of drug-likeness (QED) is 0.834. The third-order valence-electron chi connectivity index (χ3n) is 2.92. The van der Waals surface area contributed by atoms with Crippen LogP contribution in [0.3, 0.4) is 0 Å². The van der Waals surface area contributed by atoms with E-state index in [4.69, 9.17) is 5.14 Å². The molecule has 1 aromatic rings. The minimum Gasteiger partial charge on any atom is -0.333 e. The van der Waals surface area contributed by atoms with Gasteiger partial charge in [-0.25, -0.2) is 18.5 Å². The fourth-order valence-electron chi connectivity index (χ4n) is 1.77. The number of hydrogen-bond acceptors (Lipinski definition) is 3. The molecule has 1 aliphatic carbocycles. The molecule has 1 fully saturated rings. The maximum atomic E-state index is 11.2. The Labute approximate surface area is 95.7 Å². The van der Waals surface area contributed by atoms with Gasteiger partial charge >= 0.3 is 0 Å². The van der Waals surface area contributed by atoms with Crippen molar-refractivity contribution in [1.82, 2.24) is 9.55 Å². The van der Waals surface area contributed by atoms with Crippen molar-refractivity contribution >= 4 is 10.0 Å². The van der Waals surface area contributed by atoms with Crippen LogP contribution in [0, 0.1) is 5.92 Å². The lowest BCUT2D eigenvalue weighted by molar-refractivity contribution is 0.575. The molecule has 0 aromatic carbocycles. The van der Waals surface area contributed by atoms with E-state index in [1.165, 1.54) is 12.8 Å². The highest BCUT2D eigenvalue weighted by atomic mass is 32.2. The molecule has 2 N–H and O–H groups in total. The van der Waals surface area contributed by atoms with E-state index in [0.717, 1.165) is 31.1 Å². The Morgan fingerprint density at radius 3 is 2.75 bits per heavy atom. The molecular formula is C10H17N3O2S. The second-order valence-corrected chi connectivity index (χ2v) is 5.83. The third-order valence-corrected chi connectivity index (χ3v) is 3.70. The number of rotatable bonds is 5. The van der Waals surface area contributed by atoms with Crippen molar-refractivity contribution in [2.75, 3.05) is 0 Å². The van der Waals surface area contributed by atoms with Gasteiger partial charge in [0, 0.05) is 19.2 Å². The van der Waals surface area contributed by atoms with Gasteiger partial charge < -0.3 is 4.57 Å². The summed E-state index contributed by atoms with van der Waals surface area (Å²) in [5.74, 6) is 1.62. The van der Waals surface area contributed by atoms with Crippen molar-refractivity contribution in [3.05, 3.63) is 12.0 Å². The molecule has 0 atom stereocenters. The van der Waals surface area contributed by atoms with E-state index in [1.807, 2.05) is 11.5 Å². The van der Waals surface area contributed by atoms with Gasteiger partial charge in [-0.1, -0.05) is 19.8 Å². The van der Waals surface area contributed by atoms with Gasteiger partial charge in [0.15, 0.2) is 5.03 Å². The van der Waals surface area contributed by atoms with Crippen LogP contribution in [0.4, 0.5) is 0 Å². The molecule has 0 unspecified atom stereocenters. The van der Waals surface area contributed by atoms with Crippen molar-refractivity contribution < 1.29 is 8.42 Å². The van der Waals surface area contributed by atoms with Crippen LogP contribution in [-0.2, 0) is 23.0 Å². The Morgan fingerprint density at radius 2 is 2.25 bits per heavy atom. The van der Waals surface area contributed by atoms with Crippen molar-refractivity contribution in [3.8, 4) is 0 Å². The van der Waals surface area contributed by atoms with Gasteiger partial charge in [0.05, 0.1) is 0 Å². The summed E-state index contributed by atoms with van der Waals surface area (Å²) in [6.07, 6.45) is 5.99. The van der Waals surface area contributed by atoms with Gasteiger partial charge in [-0.05, 0) is 12.3 Å². The molecule has 1 aromatic heterocycles. The maximum Gasteiger partial charge on any atom is 0.257 e. The fourth-order valence-corrected chi connectivity index (χ4v) is 2.28. The Balaban J connectivity index is 2.18. The number of sulfonamides is 1. The number of nitrogens with two attached hydrogens (primary N) is 1. The van der Waals surface area contributed by atoms with Crippen LogP contribution in [0.15, 0.2) is 11.2 Å². The van der Waals surface area contributed by atoms with Gasteiger partial charge in [-0.15, -0.1) is 0 Å². The van der Waals surface area contributed by atoms with E-state index >= 15 is 0 Å². The zero-order chi connectivity index (χ0) is 11.8. The molecule has 0 aliphatic heterocycles. The molecule has 90 valence electrons. The van der Waals surface area contributed by atoms with Gasteiger partial charge in [0.1, 0.15) is 5.82 Å². The normalized spacial score (nSPS) is 16.6. The summed E-state index contributed by atoms with van der Waals surface area (Å²) in [6, 6.07) is 0. The van der Waals surface area contributed by atoms with Gasteiger partial charge in [0.2, 0.25) is 0 Å². The minimum absolute atomic E-state index is 0.0138. The van der Waals surface area contributed by atoms with Crippen molar-refractivity contribution in [1.29, 1.82) is 0 Å². The molecule has 0 saturated heterocycles. The van der Waals surface area contributed by atoms with Crippen LogP contribution in [0.2, 0.25) is 0 Å². The first-order valence-corrected chi connectivity index (χ1v) is 7.14. The summed E-state index contributed by atoms with van der Waals surface area (Å²) in [5.41, 5.74) is 0. The summed E-state index contributed by atoms with van der Waals surface area (Å²) >= 11 is 0. The third kappa shape index (κ3) is 2.62. The first-order valence-electron chi connectivity index (χ1n) is 5.59. The summed E-state index contributed by atoms with van der Waals surface area (Å²) in [4.78, 5) is 4.05. The van der Waals surface area contributed by atoms with Crippen molar-refractivity contribution in [2.45, 2.75) is 44.2 Å². The SMILES string of the molecule is CCc1nc(S(N)(=O)=O)cn1CCC1CC1. The van der Waals surface area contributed by atoms with Gasteiger partial charge in [-0.2, -0.15) is 0 Å². The molecule has 1 aliphatic rings. The topological polar surface area (TPSA) is 78.0 Å². The molecule has 5 nitrogen and oxygen atoms in total. The zero-order valence-corrected chi connectivity index (χ0v) is 10.2. The van der Waals surface area contributed by atoms with Crippen molar-refractivity contribution in [3.63, 3.8) is 0 Å². The number of aromatic nitrogens is 2. The van der Waals surface area contributed by atoms with E-state index in [2.05, 4.69) is 4.98 Å². The smallest absolute Gasteiger partial charge is 0.257 e. The largest absolute Gasteiger partial charge is 0.333 e. The van der Waals surface area contributed by atoms with E-state index in [0.29, 0.717) is 0 Å². The van der Waals surface area contributed by atoms with Gasteiger partial charge in [-0.3, -0.25) is 0 Å². The highest BCUT2D eigenvalue weighted by Crippen LogP contribution is 2.32. The minimum atomic E-state index is -3.67. The Kier molecular flexibility index (Phi) is 3.03. The fraction of sp³-hybridized carbons (Fsp3) is 0.700. The second-order valence-electron chi connectivity index (χ2n) is 4.32. The Bertz CT molecular complexity index is 474. The average molecular weight is 243 g/mol. The van der Waals surface area contributed by atoms with E-state index < -0.39 is 10.0 Å². The van der Waals surface area contributed by atoms with Crippen LogP contribution in [0.25, 0.3) is 0 Å². The van der Waals surface area contributed by atoms with Crippen LogP contribution in [-0.4, -0.2) is 18.0 Å². The number of hydrogen-bond donors (Lipinski definition) is 1. The monoisotopic (exact) mass is 243 g/mol. The predicted molar refractivity (Wildman–Crippen MR) is 60.3 cm³/mol. The van der Waals surface area contributed by atoms with E-state index in [1.54, 1.807) is 6.20 Å². The first kappa shape index (κ1) is 11.6. The molecule has 6 heteroatoms. The standard InChI is InChI=1S/C10H17N3O2S/c1-2-9-12-10(16(11,14)15)7-13(9)6-5-8-3-4-8/h7-8H,2-6H2,1H3,(H2,11,14,15). The molecule has 1 heterocycles. The molecule has 0 radical (unpaired) electrons. The lowest BCUT2D eigenvalue weighted by atomic mass is 10.3. The van der Waals surface area contributed by atoms with E-state index in [9.17, 15) is 8.42 Å². The predicted octanol–water partition coefficient (Wildman–Crippen LogP) is 0.893. The van der Waals surface area contributed by atoms with Crippen LogP contribution >= 0.6 is 0 Å². The number of nitrogens with zero attached hydrogens (tertiary/aromatic N) is 2. The van der Waals surface area contributed by atoms with Gasteiger partial charge in [0.25, 0.3) is 10.0 Å². The van der Waals surface area contributed by atoms with Crippen molar-refractivity contribution in [2.24, 2.45) is 11.1 Å². The summed E-state index contributed by atoms with van der Waals surface area (Å²) < 4.78 is 24.2. The molecule has 0 amide bonds. The highest BCUT2D eigenvalue weighted by Gasteiger charge is 2.22. The summed E-state index contributed by atoms with van der Waals surface area (Å²) in [5, 5.41) is 5.04. The molecule has 0 spiro atoms. The summed E-state index contributed by atoms with van der Waals surface area (Å²) in [7, 11) is -3.67. The van der Waals surface area contributed by atoms with Crippen LogP contribution in [0.1, 0.15) is 32.0 Å². The number of aryl methyl sites for hydroxylation is 2. The molecule has 1 saturated carbocycles.